The molecule has 2 aromatic heterocycles. The van der Waals surface area contributed by atoms with Gasteiger partial charge in [-0.15, -0.1) is 0 Å². The van der Waals surface area contributed by atoms with Crippen molar-refractivity contribution in [3.8, 4) is 0 Å². The lowest BCUT2D eigenvalue weighted by Crippen LogP contribution is -2.22. The Kier molecular flexibility index (Phi) is 4.56. The molecule has 1 aromatic carbocycles. The Morgan fingerprint density at radius 2 is 2.17 bits per heavy atom. The van der Waals surface area contributed by atoms with Crippen LogP contribution in [0.1, 0.15) is 11.8 Å². The molecule has 24 heavy (non-hydrogen) atoms. The third kappa shape index (κ3) is 3.42. The molecule has 0 fully saturated rings. The predicted octanol–water partition coefficient (Wildman–Crippen LogP) is 4.31. The van der Waals surface area contributed by atoms with Crippen molar-refractivity contribution >= 4 is 66.7 Å². The van der Waals surface area contributed by atoms with Crippen molar-refractivity contribution in [2.75, 3.05) is 5.01 Å². The van der Waals surface area contributed by atoms with E-state index in [1.54, 1.807) is 24.3 Å². The Bertz CT molecular complexity index is 966. The van der Waals surface area contributed by atoms with Gasteiger partial charge in [-0.25, -0.2) is 4.98 Å². The molecule has 1 amide bonds. The average Bonchev–Trinajstić information content (AvgIpc) is 3.13. The van der Waals surface area contributed by atoms with Gasteiger partial charge < -0.3 is 0 Å². The fourth-order valence-electron chi connectivity index (χ4n) is 1.87. The molecule has 7 nitrogen and oxygen atoms in total. The number of carbonyl (C=O) groups is 1. The van der Waals surface area contributed by atoms with Gasteiger partial charge in [-0.05, 0) is 24.3 Å². The molecule has 3 rings (SSSR count). The van der Waals surface area contributed by atoms with Crippen LogP contribution in [-0.4, -0.2) is 22.0 Å². The highest BCUT2D eigenvalue weighted by Crippen LogP contribution is 2.31. The van der Waals surface area contributed by atoms with E-state index in [1.165, 1.54) is 30.5 Å². The Balaban J connectivity index is 1.91. The first-order chi connectivity index (χ1) is 11.4. The predicted molar refractivity (Wildman–Crippen MR) is 96.4 cm³/mol. The second kappa shape index (κ2) is 6.63. The van der Waals surface area contributed by atoms with E-state index in [4.69, 9.17) is 11.6 Å². The molecule has 0 saturated heterocycles. The number of carbonyl (C=O) groups excluding carboxylic acids is 1. The monoisotopic (exact) mass is 380 g/mol. The van der Waals surface area contributed by atoms with Crippen LogP contribution in [0.5, 0.6) is 0 Å². The van der Waals surface area contributed by atoms with Gasteiger partial charge in [-0.1, -0.05) is 34.3 Å². The number of halogens is 1. The Labute approximate surface area is 149 Å². The van der Waals surface area contributed by atoms with E-state index < -0.39 is 4.92 Å². The summed E-state index contributed by atoms with van der Waals surface area (Å²) in [7, 11) is 0. The van der Waals surface area contributed by atoms with Crippen LogP contribution in [0, 0.1) is 10.1 Å². The third-order valence-corrected chi connectivity index (χ3v) is 5.11. The van der Waals surface area contributed by atoms with E-state index in [0.717, 1.165) is 21.0 Å². The van der Waals surface area contributed by atoms with E-state index in [-0.39, 0.29) is 10.9 Å². The van der Waals surface area contributed by atoms with Crippen LogP contribution < -0.4 is 5.01 Å². The van der Waals surface area contributed by atoms with Gasteiger partial charge in [-0.3, -0.25) is 14.9 Å². The standard InChI is InChI=1S/C14H9ClN4O3S2/c1-8(20)18(16-7-10-3-5-13(23-10)19(21)22)14-17-11-4-2-9(15)6-12(11)24-14/h2-7H,1H3/b16-7-. The molecule has 10 heteroatoms. The van der Waals surface area contributed by atoms with E-state index in [2.05, 4.69) is 10.1 Å². The van der Waals surface area contributed by atoms with Crippen LogP contribution in [0.25, 0.3) is 10.2 Å². The molecule has 122 valence electrons. The molecule has 0 saturated carbocycles. The molecule has 0 N–H and O–H groups in total. The quantitative estimate of drug-likeness (QED) is 0.383. The zero-order chi connectivity index (χ0) is 17.3. The number of fused-ring (bicyclic) bond motifs is 1. The molecule has 0 unspecified atom stereocenters. The van der Waals surface area contributed by atoms with Gasteiger partial charge in [0.15, 0.2) is 0 Å². The Hall–Kier alpha value is -2.36. The maximum atomic E-state index is 11.9. The molecular formula is C14H9ClN4O3S2. The zero-order valence-corrected chi connectivity index (χ0v) is 14.6. The van der Waals surface area contributed by atoms with Crippen LogP contribution in [0.3, 0.4) is 0 Å². The first-order valence-corrected chi connectivity index (χ1v) is 8.60. The Morgan fingerprint density at radius 3 is 2.83 bits per heavy atom. The Morgan fingerprint density at radius 1 is 1.38 bits per heavy atom. The number of anilines is 1. The van der Waals surface area contributed by atoms with Crippen molar-refractivity contribution in [2.24, 2.45) is 5.10 Å². The van der Waals surface area contributed by atoms with Crippen LogP contribution >= 0.6 is 34.3 Å². The molecule has 0 spiro atoms. The smallest absolute Gasteiger partial charge is 0.273 e. The minimum Gasteiger partial charge on any atom is -0.273 e. The number of thiazole rings is 1. The number of hydrogen-bond donors (Lipinski definition) is 0. The summed E-state index contributed by atoms with van der Waals surface area (Å²) in [5.41, 5.74) is 0.715. The van der Waals surface area contributed by atoms with Crippen LogP contribution in [-0.2, 0) is 4.79 Å². The van der Waals surface area contributed by atoms with Crippen LogP contribution in [0.2, 0.25) is 5.02 Å². The number of amides is 1. The summed E-state index contributed by atoms with van der Waals surface area (Å²) in [5, 5.41) is 17.0. The average molecular weight is 381 g/mol. The molecule has 0 atom stereocenters. The van der Waals surface area contributed by atoms with Crippen molar-refractivity contribution < 1.29 is 9.72 Å². The molecule has 0 bridgehead atoms. The molecule has 0 aliphatic carbocycles. The molecule has 0 aliphatic rings. The number of nitrogens with zero attached hydrogens (tertiary/aromatic N) is 4. The normalized spacial score (nSPS) is 11.2. The topological polar surface area (TPSA) is 88.7 Å². The molecule has 2 heterocycles. The summed E-state index contributed by atoms with van der Waals surface area (Å²) in [6.07, 6.45) is 1.40. The van der Waals surface area contributed by atoms with Crippen molar-refractivity contribution in [1.29, 1.82) is 0 Å². The van der Waals surface area contributed by atoms with Crippen molar-refractivity contribution in [1.82, 2.24) is 4.98 Å². The summed E-state index contributed by atoms with van der Waals surface area (Å²) in [4.78, 5) is 27.0. The summed E-state index contributed by atoms with van der Waals surface area (Å²) in [6.45, 7) is 1.37. The summed E-state index contributed by atoms with van der Waals surface area (Å²) >= 11 is 8.21. The third-order valence-electron chi connectivity index (χ3n) is 2.91. The fourth-order valence-corrected chi connectivity index (χ4v) is 3.80. The lowest BCUT2D eigenvalue weighted by molar-refractivity contribution is -0.380. The van der Waals surface area contributed by atoms with Crippen molar-refractivity contribution in [2.45, 2.75) is 6.92 Å². The molecular weight excluding hydrogens is 372 g/mol. The zero-order valence-electron chi connectivity index (χ0n) is 12.2. The molecule has 3 aromatic rings. The summed E-state index contributed by atoms with van der Waals surface area (Å²) < 4.78 is 0.839. The highest BCUT2D eigenvalue weighted by Gasteiger charge is 2.16. The van der Waals surface area contributed by atoms with Crippen LogP contribution in [0.15, 0.2) is 35.4 Å². The minimum absolute atomic E-state index is 0.0143. The lowest BCUT2D eigenvalue weighted by Gasteiger charge is -2.09. The van der Waals surface area contributed by atoms with E-state index in [0.29, 0.717) is 20.5 Å². The van der Waals surface area contributed by atoms with E-state index in [1.807, 2.05) is 0 Å². The number of benzene rings is 1. The number of hydrazone groups is 1. The number of aromatic nitrogens is 1. The second-order valence-electron chi connectivity index (χ2n) is 4.62. The van der Waals surface area contributed by atoms with Gasteiger partial charge >= 0.3 is 5.00 Å². The number of rotatable bonds is 4. The maximum absolute atomic E-state index is 11.9. The van der Waals surface area contributed by atoms with Crippen molar-refractivity contribution in [3.63, 3.8) is 0 Å². The van der Waals surface area contributed by atoms with Gasteiger partial charge in [-0.2, -0.15) is 10.1 Å². The minimum atomic E-state index is -0.470. The van der Waals surface area contributed by atoms with Gasteiger partial charge in [0.2, 0.25) is 11.0 Å². The maximum Gasteiger partial charge on any atom is 0.324 e. The number of thiophene rings is 1. The van der Waals surface area contributed by atoms with Gasteiger partial charge in [0.1, 0.15) is 0 Å². The first-order valence-electron chi connectivity index (χ1n) is 6.59. The lowest BCUT2D eigenvalue weighted by atomic mass is 10.3. The summed E-state index contributed by atoms with van der Waals surface area (Å²) in [6, 6.07) is 8.22. The van der Waals surface area contributed by atoms with Crippen molar-refractivity contribution in [3.05, 3.63) is 50.3 Å². The second-order valence-corrected chi connectivity index (χ2v) is 7.16. The SMILES string of the molecule is CC(=O)N(/N=C\c1ccc([N+](=O)[O-])s1)c1nc2ccc(Cl)cc2s1. The first kappa shape index (κ1) is 16.5. The largest absolute Gasteiger partial charge is 0.324 e. The fraction of sp³-hybridized carbons (Fsp3) is 0.0714. The molecule has 0 aliphatic heterocycles. The number of nitro groups is 1. The highest BCUT2D eigenvalue weighted by atomic mass is 35.5. The van der Waals surface area contributed by atoms with E-state index in [9.17, 15) is 14.9 Å². The van der Waals surface area contributed by atoms with Gasteiger partial charge in [0, 0.05) is 18.0 Å². The van der Waals surface area contributed by atoms with Gasteiger partial charge in [0.25, 0.3) is 0 Å². The molecule has 0 radical (unpaired) electrons. The van der Waals surface area contributed by atoms with Gasteiger partial charge in [0.05, 0.1) is 26.2 Å². The number of hydrogen-bond acceptors (Lipinski definition) is 7. The van der Waals surface area contributed by atoms with Crippen LogP contribution in [0.4, 0.5) is 10.1 Å². The summed E-state index contributed by atoms with van der Waals surface area (Å²) in [5.74, 6) is -0.317. The van der Waals surface area contributed by atoms with E-state index >= 15 is 0 Å². The highest BCUT2D eigenvalue weighted by molar-refractivity contribution is 7.22.